The summed E-state index contributed by atoms with van der Waals surface area (Å²) in [5, 5.41) is 13.9. The molecule has 0 aliphatic rings. The number of hydrogen-bond donors (Lipinski definition) is 1. The lowest BCUT2D eigenvalue weighted by Gasteiger charge is -2.06. The molecule has 1 aromatic carbocycles. The van der Waals surface area contributed by atoms with E-state index in [1.807, 2.05) is 0 Å². The van der Waals surface area contributed by atoms with Crippen molar-refractivity contribution in [3.63, 3.8) is 0 Å². The zero-order chi connectivity index (χ0) is 13.5. The molecule has 1 unspecified atom stereocenters. The standard InChI is InChI=1S/C11H16N2O4S/c1-17-11-4-3-9(7-10(11)13(14)15)8-12-5-6-18(2)16/h3-4,7,12H,5-6,8H2,1-2H3. The van der Waals surface area contributed by atoms with Crippen LogP contribution >= 0.6 is 0 Å². The van der Waals surface area contributed by atoms with Gasteiger partial charge < -0.3 is 10.1 Å². The third-order valence-electron chi connectivity index (χ3n) is 2.34. The minimum atomic E-state index is -0.831. The van der Waals surface area contributed by atoms with Crippen molar-refractivity contribution < 1.29 is 13.9 Å². The molecule has 1 atom stereocenters. The van der Waals surface area contributed by atoms with E-state index in [2.05, 4.69) is 5.32 Å². The van der Waals surface area contributed by atoms with E-state index < -0.39 is 15.7 Å². The Morgan fingerprint density at radius 1 is 1.50 bits per heavy atom. The molecule has 0 aliphatic carbocycles. The molecular formula is C11H16N2O4S. The van der Waals surface area contributed by atoms with Gasteiger partial charge in [0, 0.05) is 42.0 Å². The Hall–Kier alpha value is -1.47. The van der Waals surface area contributed by atoms with Crippen LogP contribution in [-0.4, -0.2) is 34.8 Å². The van der Waals surface area contributed by atoms with Crippen LogP contribution in [0.4, 0.5) is 5.69 Å². The molecule has 0 fully saturated rings. The summed E-state index contributed by atoms with van der Waals surface area (Å²) in [7, 11) is 0.569. The molecule has 100 valence electrons. The molecule has 0 heterocycles. The van der Waals surface area contributed by atoms with Gasteiger partial charge in [0.15, 0.2) is 5.75 Å². The van der Waals surface area contributed by atoms with Crippen molar-refractivity contribution in [2.75, 3.05) is 25.7 Å². The Morgan fingerprint density at radius 2 is 2.22 bits per heavy atom. The molecule has 0 spiro atoms. The number of benzene rings is 1. The molecule has 0 aromatic heterocycles. The summed E-state index contributed by atoms with van der Waals surface area (Å²) in [5.41, 5.74) is 0.750. The van der Waals surface area contributed by atoms with Crippen molar-refractivity contribution in [2.24, 2.45) is 0 Å². The van der Waals surface area contributed by atoms with Gasteiger partial charge in [0.05, 0.1) is 12.0 Å². The third-order valence-corrected chi connectivity index (χ3v) is 3.11. The van der Waals surface area contributed by atoms with Gasteiger partial charge in [0.2, 0.25) is 0 Å². The lowest BCUT2D eigenvalue weighted by atomic mass is 10.2. The average molecular weight is 272 g/mol. The van der Waals surface area contributed by atoms with E-state index in [1.165, 1.54) is 13.2 Å². The molecule has 1 rings (SSSR count). The van der Waals surface area contributed by atoms with Gasteiger partial charge in [0.25, 0.3) is 0 Å². The predicted octanol–water partition coefficient (Wildman–Crippen LogP) is 1.07. The molecular weight excluding hydrogens is 256 g/mol. The zero-order valence-corrected chi connectivity index (χ0v) is 11.2. The van der Waals surface area contributed by atoms with Gasteiger partial charge in [-0.25, -0.2) is 0 Å². The molecule has 0 amide bonds. The Balaban J connectivity index is 2.64. The van der Waals surface area contributed by atoms with Gasteiger partial charge >= 0.3 is 5.69 Å². The summed E-state index contributed by atoms with van der Waals surface area (Å²) in [6.45, 7) is 1.12. The van der Waals surface area contributed by atoms with Gasteiger partial charge in [-0.3, -0.25) is 14.3 Å². The molecule has 7 heteroatoms. The second-order valence-electron chi connectivity index (χ2n) is 3.72. The van der Waals surface area contributed by atoms with E-state index in [0.717, 1.165) is 5.56 Å². The van der Waals surface area contributed by atoms with Crippen LogP contribution in [-0.2, 0) is 17.3 Å². The number of nitro groups is 1. The van der Waals surface area contributed by atoms with Gasteiger partial charge in [-0.1, -0.05) is 6.07 Å². The van der Waals surface area contributed by atoms with Crippen molar-refractivity contribution in [1.82, 2.24) is 5.32 Å². The van der Waals surface area contributed by atoms with E-state index in [0.29, 0.717) is 18.8 Å². The van der Waals surface area contributed by atoms with Crippen LogP contribution in [0, 0.1) is 10.1 Å². The smallest absolute Gasteiger partial charge is 0.311 e. The Kier molecular flexibility index (Phi) is 5.73. The van der Waals surface area contributed by atoms with Crippen LogP contribution in [0.25, 0.3) is 0 Å². The number of rotatable bonds is 7. The van der Waals surface area contributed by atoms with Crippen molar-refractivity contribution in [1.29, 1.82) is 0 Å². The first-order valence-corrected chi connectivity index (χ1v) is 7.09. The Labute approximate surface area is 108 Å². The highest BCUT2D eigenvalue weighted by Gasteiger charge is 2.14. The molecule has 1 aromatic rings. The molecule has 0 saturated carbocycles. The normalized spacial score (nSPS) is 12.1. The van der Waals surface area contributed by atoms with Gasteiger partial charge in [0.1, 0.15) is 0 Å². The average Bonchev–Trinajstić information content (AvgIpc) is 2.34. The third kappa shape index (κ3) is 4.42. The van der Waals surface area contributed by atoms with Crippen LogP contribution in [0.15, 0.2) is 18.2 Å². The highest BCUT2D eigenvalue weighted by Crippen LogP contribution is 2.27. The molecule has 0 saturated heterocycles. The quantitative estimate of drug-likeness (QED) is 0.456. The van der Waals surface area contributed by atoms with E-state index in [1.54, 1.807) is 18.4 Å². The Morgan fingerprint density at radius 3 is 2.78 bits per heavy atom. The van der Waals surface area contributed by atoms with Gasteiger partial charge in [-0.15, -0.1) is 0 Å². The maximum Gasteiger partial charge on any atom is 0.311 e. The number of nitrogens with one attached hydrogen (secondary N) is 1. The molecule has 0 aliphatic heterocycles. The fraction of sp³-hybridized carbons (Fsp3) is 0.455. The van der Waals surface area contributed by atoms with Crippen molar-refractivity contribution in [3.8, 4) is 5.75 Å². The van der Waals surface area contributed by atoms with Crippen LogP contribution in [0.5, 0.6) is 5.75 Å². The van der Waals surface area contributed by atoms with Gasteiger partial charge in [-0.2, -0.15) is 0 Å². The summed E-state index contributed by atoms with van der Waals surface area (Å²) in [6, 6.07) is 4.82. The first-order valence-electron chi connectivity index (χ1n) is 5.36. The maximum absolute atomic E-state index is 10.8. The summed E-state index contributed by atoms with van der Waals surface area (Å²) < 4.78 is 15.8. The van der Waals surface area contributed by atoms with Crippen molar-refractivity contribution in [3.05, 3.63) is 33.9 Å². The van der Waals surface area contributed by atoms with Crippen LogP contribution in [0.1, 0.15) is 5.56 Å². The number of ether oxygens (including phenoxy) is 1. The highest BCUT2D eigenvalue weighted by atomic mass is 32.2. The molecule has 18 heavy (non-hydrogen) atoms. The predicted molar refractivity (Wildman–Crippen MR) is 70.3 cm³/mol. The second kappa shape index (κ2) is 7.07. The lowest BCUT2D eigenvalue weighted by molar-refractivity contribution is -0.385. The van der Waals surface area contributed by atoms with E-state index in [-0.39, 0.29) is 11.4 Å². The number of hydrogen-bond acceptors (Lipinski definition) is 5. The Bertz CT molecular complexity index is 451. The molecule has 1 N–H and O–H groups in total. The second-order valence-corrected chi connectivity index (χ2v) is 5.27. The van der Waals surface area contributed by atoms with Gasteiger partial charge in [-0.05, 0) is 11.6 Å². The first-order chi connectivity index (χ1) is 8.54. The summed E-state index contributed by atoms with van der Waals surface area (Å²) in [5.74, 6) is 0.816. The molecule has 0 radical (unpaired) electrons. The minimum absolute atomic E-state index is 0.0455. The largest absolute Gasteiger partial charge is 0.490 e. The van der Waals surface area contributed by atoms with Crippen molar-refractivity contribution in [2.45, 2.75) is 6.54 Å². The van der Waals surface area contributed by atoms with E-state index in [4.69, 9.17) is 4.74 Å². The number of methoxy groups -OCH3 is 1. The summed E-state index contributed by atoms with van der Waals surface area (Å²) >= 11 is 0. The monoisotopic (exact) mass is 272 g/mol. The number of nitrogens with zero attached hydrogens (tertiary/aromatic N) is 1. The van der Waals surface area contributed by atoms with Crippen LogP contribution in [0.2, 0.25) is 0 Å². The van der Waals surface area contributed by atoms with Crippen LogP contribution in [0.3, 0.4) is 0 Å². The van der Waals surface area contributed by atoms with Crippen LogP contribution < -0.4 is 10.1 Å². The highest BCUT2D eigenvalue weighted by molar-refractivity contribution is 7.84. The molecule has 0 bridgehead atoms. The minimum Gasteiger partial charge on any atom is -0.490 e. The lowest BCUT2D eigenvalue weighted by Crippen LogP contribution is -2.19. The SMILES string of the molecule is COc1ccc(CNCCS(C)=O)cc1[N+](=O)[O-]. The summed E-state index contributed by atoms with van der Waals surface area (Å²) in [4.78, 5) is 10.3. The fourth-order valence-corrected chi connectivity index (χ4v) is 1.87. The topological polar surface area (TPSA) is 81.5 Å². The maximum atomic E-state index is 10.8. The zero-order valence-electron chi connectivity index (χ0n) is 10.3. The molecule has 6 nitrogen and oxygen atoms in total. The summed E-state index contributed by atoms with van der Waals surface area (Å²) in [6.07, 6.45) is 1.64. The van der Waals surface area contributed by atoms with Crippen molar-refractivity contribution >= 4 is 16.5 Å². The first kappa shape index (κ1) is 14.6. The number of nitro benzene ring substituents is 1. The van der Waals surface area contributed by atoms with E-state index in [9.17, 15) is 14.3 Å². The van der Waals surface area contributed by atoms with E-state index >= 15 is 0 Å². The fourth-order valence-electron chi connectivity index (χ4n) is 1.44.